The average molecular weight is 140 g/mol. The lowest BCUT2D eigenvalue weighted by atomic mass is 9.79. The molecule has 0 heterocycles. The van der Waals surface area contributed by atoms with Crippen LogP contribution in [0.25, 0.3) is 0 Å². The van der Waals surface area contributed by atoms with Gasteiger partial charge in [0.25, 0.3) is 0 Å². The summed E-state index contributed by atoms with van der Waals surface area (Å²) in [6.45, 7) is 3.00. The molecule has 1 aliphatic carbocycles. The summed E-state index contributed by atoms with van der Waals surface area (Å²) in [7, 11) is 0. The minimum atomic E-state index is 0.714. The van der Waals surface area contributed by atoms with Crippen LogP contribution in [-0.2, 0) is 0 Å². The normalized spacial score (nSPS) is 31.3. The van der Waals surface area contributed by atoms with E-state index in [4.69, 9.17) is 5.41 Å². The van der Waals surface area contributed by atoms with E-state index in [2.05, 4.69) is 12.2 Å². The van der Waals surface area contributed by atoms with Crippen LogP contribution in [0.4, 0.5) is 0 Å². The highest BCUT2D eigenvalue weighted by molar-refractivity contribution is 5.55. The molecular formula is C8H16N2. The van der Waals surface area contributed by atoms with E-state index in [0.29, 0.717) is 6.04 Å². The van der Waals surface area contributed by atoms with Gasteiger partial charge in [0.15, 0.2) is 0 Å². The molecule has 1 aliphatic rings. The van der Waals surface area contributed by atoms with Gasteiger partial charge in [-0.1, -0.05) is 13.3 Å². The first kappa shape index (κ1) is 7.73. The highest BCUT2D eigenvalue weighted by Gasteiger charge is 2.26. The molecule has 1 rings (SSSR count). The maximum absolute atomic E-state index is 6.80. The van der Waals surface area contributed by atoms with Gasteiger partial charge in [-0.05, 0) is 18.8 Å². The lowest BCUT2D eigenvalue weighted by Crippen LogP contribution is -2.41. The molecule has 58 valence electrons. The highest BCUT2D eigenvalue weighted by atomic mass is 14.9. The van der Waals surface area contributed by atoms with E-state index in [1.165, 1.54) is 25.5 Å². The van der Waals surface area contributed by atoms with Gasteiger partial charge in [-0.15, -0.1) is 0 Å². The molecule has 0 aromatic carbocycles. The zero-order valence-electron chi connectivity index (χ0n) is 6.56. The molecule has 0 aliphatic heterocycles. The van der Waals surface area contributed by atoms with Crippen molar-refractivity contribution in [3.63, 3.8) is 0 Å². The summed E-state index contributed by atoms with van der Waals surface area (Å²) in [5.41, 5.74) is 0. The van der Waals surface area contributed by atoms with Crippen molar-refractivity contribution in [1.82, 2.24) is 5.32 Å². The molecule has 2 heteroatoms. The van der Waals surface area contributed by atoms with Gasteiger partial charge in [-0.25, -0.2) is 0 Å². The molecule has 2 N–H and O–H groups in total. The Morgan fingerprint density at radius 2 is 2.30 bits per heavy atom. The van der Waals surface area contributed by atoms with Gasteiger partial charge in [0.2, 0.25) is 0 Å². The van der Waals surface area contributed by atoms with Gasteiger partial charge >= 0.3 is 0 Å². The molecular weight excluding hydrogens is 124 g/mol. The van der Waals surface area contributed by atoms with Crippen LogP contribution in [0.5, 0.6) is 0 Å². The summed E-state index contributed by atoms with van der Waals surface area (Å²) in [5.74, 6) is 0.961. The van der Waals surface area contributed by atoms with Crippen molar-refractivity contribution in [3.8, 4) is 0 Å². The number of hydrogen-bond acceptors (Lipinski definition) is 2. The van der Waals surface area contributed by atoms with E-state index in [1.54, 1.807) is 0 Å². The SMILES string of the molecule is CCC1CC(NCC=N)C1. The van der Waals surface area contributed by atoms with Crippen molar-refractivity contribution >= 4 is 6.21 Å². The van der Waals surface area contributed by atoms with E-state index in [0.717, 1.165) is 12.5 Å². The zero-order chi connectivity index (χ0) is 7.40. The fourth-order valence-corrected chi connectivity index (χ4v) is 1.46. The first-order chi connectivity index (χ1) is 4.86. The molecule has 0 bridgehead atoms. The summed E-state index contributed by atoms with van der Waals surface area (Å²) in [6, 6.07) is 0.714. The van der Waals surface area contributed by atoms with Crippen LogP contribution in [0, 0.1) is 11.3 Å². The molecule has 10 heavy (non-hydrogen) atoms. The summed E-state index contributed by atoms with van der Waals surface area (Å²) < 4.78 is 0. The number of rotatable bonds is 4. The minimum Gasteiger partial charge on any atom is -0.312 e. The van der Waals surface area contributed by atoms with Crippen molar-refractivity contribution in [2.24, 2.45) is 5.92 Å². The fourth-order valence-electron chi connectivity index (χ4n) is 1.46. The third kappa shape index (κ3) is 1.81. The molecule has 0 aromatic heterocycles. The standard InChI is InChI=1S/C8H16N2/c1-2-7-5-8(6-7)10-4-3-9/h3,7-10H,2,4-6H2,1H3. The van der Waals surface area contributed by atoms with Gasteiger partial charge in [0, 0.05) is 18.8 Å². The second kappa shape index (κ2) is 3.71. The van der Waals surface area contributed by atoms with Crippen molar-refractivity contribution in [2.75, 3.05) is 6.54 Å². The molecule has 1 saturated carbocycles. The molecule has 0 radical (unpaired) electrons. The Balaban J connectivity index is 1.97. The topological polar surface area (TPSA) is 35.9 Å². The predicted octanol–water partition coefficient (Wildman–Crippen LogP) is 1.41. The zero-order valence-corrected chi connectivity index (χ0v) is 6.56. The Kier molecular flexibility index (Phi) is 2.87. The van der Waals surface area contributed by atoms with E-state index in [9.17, 15) is 0 Å². The van der Waals surface area contributed by atoms with Crippen molar-refractivity contribution in [1.29, 1.82) is 5.41 Å². The summed E-state index contributed by atoms with van der Waals surface area (Å²) in [5, 5.41) is 10.1. The largest absolute Gasteiger partial charge is 0.312 e. The average Bonchev–Trinajstić information content (AvgIpc) is 1.86. The predicted molar refractivity (Wildman–Crippen MR) is 43.6 cm³/mol. The van der Waals surface area contributed by atoms with Gasteiger partial charge in [-0.3, -0.25) is 0 Å². The smallest absolute Gasteiger partial charge is 0.0304 e. The van der Waals surface area contributed by atoms with Gasteiger partial charge in [0.1, 0.15) is 0 Å². The van der Waals surface area contributed by atoms with Crippen LogP contribution >= 0.6 is 0 Å². The van der Waals surface area contributed by atoms with Crippen LogP contribution in [0.2, 0.25) is 0 Å². The molecule has 0 amide bonds. The first-order valence-electron chi connectivity index (χ1n) is 4.09. The van der Waals surface area contributed by atoms with E-state index in [1.807, 2.05) is 0 Å². The van der Waals surface area contributed by atoms with Crippen LogP contribution < -0.4 is 5.32 Å². The van der Waals surface area contributed by atoms with Crippen molar-refractivity contribution in [2.45, 2.75) is 32.2 Å². The third-order valence-electron chi connectivity index (χ3n) is 2.32. The van der Waals surface area contributed by atoms with Crippen molar-refractivity contribution in [3.05, 3.63) is 0 Å². The highest BCUT2D eigenvalue weighted by Crippen LogP contribution is 2.29. The van der Waals surface area contributed by atoms with E-state index >= 15 is 0 Å². The summed E-state index contributed by atoms with van der Waals surface area (Å²) >= 11 is 0. The number of hydrogen-bond donors (Lipinski definition) is 2. The molecule has 2 nitrogen and oxygen atoms in total. The lowest BCUT2D eigenvalue weighted by Gasteiger charge is -2.35. The van der Waals surface area contributed by atoms with Crippen LogP contribution in [0.3, 0.4) is 0 Å². The quantitative estimate of drug-likeness (QED) is 0.569. The Morgan fingerprint density at radius 1 is 1.60 bits per heavy atom. The van der Waals surface area contributed by atoms with Crippen LogP contribution in [0.1, 0.15) is 26.2 Å². The van der Waals surface area contributed by atoms with Gasteiger partial charge in [-0.2, -0.15) is 0 Å². The van der Waals surface area contributed by atoms with Gasteiger partial charge in [0.05, 0.1) is 0 Å². The molecule has 0 saturated heterocycles. The maximum Gasteiger partial charge on any atom is 0.0304 e. The Bertz CT molecular complexity index is 106. The van der Waals surface area contributed by atoms with Crippen molar-refractivity contribution < 1.29 is 0 Å². The molecule has 0 aromatic rings. The third-order valence-corrected chi connectivity index (χ3v) is 2.32. The maximum atomic E-state index is 6.80. The van der Waals surface area contributed by atoms with Gasteiger partial charge < -0.3 is 10.7 Å². The molecule has 0 atom stereocenters. The second-order valence-corrected chi connectivity index (χ2v) is 3.05. The molecule has 0 spiro atoms. The van der Waals surface area contributed by atoms with Crippen LogP contribution in [0.15, 0.2) is 0 Å². The van der Waals surface area contributed by atoms with Crippen LogP contribution in [-0.4, -0.2) is 18.8 Å². The molecule has 0 unspecified atom stereocenters. The minimum absolute atomic E-state index is 0.714. The fraction of sp³-hybridized carbons (Fsp3) is 0.875. The van der Waals surface area contributed by atoms with E-state index in [-0.39, 0.29) is 0 Å². The second-order valence-electron chi connectivity index (χ2n) is 3.05. The molecule has 1 fully saturated rings. The number of nitrogens with one attached hydrogen (secondary N) is 2. The Labute approximate surface area is 62.5 Å². The summed E-state index contributed by atoms with van der Waals surface area (Å²) in [6.07, 6.45) is 5.40. The summed E-state index contributed by atoms with van der Waals surface area (Å²) in [4.78, 5) is 0. The Morgan fingerprint density at radius 3 is 2.80 bits per heavy atom. The van der Waals surface area contributed by atoms with E-state index < -0.39 is 0 Å². The monoisotopic (exact) mass is 140 g/mol. The lowest BCUT2D eigenvalue weighted by molar-refractivity contribution is 0.224. The Hall–Kier alpha value is -0.370. The first-order valence-corrected chi connectivity index (χ1v) is 4.09.